The van der Waals surface area contributed by atoms with Crippen molar-refractivity contribution in [1.29, 1.82) is 5.26 Å². The van der Waals surface area contributed by atoms with Crippen LogP contribution in [-0.2, 0) is 24.4 Å². The zero-order valence-electron chi connectivity index (χ0n) is 20.2. The first-order valence-corrected chi connectivity index (χ1v) is 12.5. The summed E-state index contributed by atoms with van der Waals surface area (Å²) in [6.07, 6.45) is 1.32. The van der Waals surface area contributed by atoms with E-state index in [1.807, 2.05) is 25.3 Å². The highest BCUT2D eigenvalue weighted by Gasteiger charge is 2.30. The second-order valence-corrected chi connectivity index (χ2v) is 9.77. The molecule has 2 heterocycles. The Labute approximate surface area is 217 Å². The maximum absolute atomic E-state index is 12.8. The van der Waals surface area contributed by atoms with Crippen molar-refractivity contribution >= 4 is 17.9 Å². The Bertz CT molecular complexity index is 1260. The van der Waals surface area contributed by atoms with Crippen molar-refractivity contribution in [1.82, 2.24) is 19.4 Å². The van der Waals surface area contributed by atoms with Crippen LogP contribution in [0.2, 0.25) is 0 Å². The molecule has 0 N–H and O–H groups in total. The summed E-state index contributed by atoms with van der Waals surface area (Å²) in [5.41, 5.74) is -1.34. The molecule has 0 bridgehead atoms. The van der Waals surface area contributed by atoms with Crippen LogP contribution in [0, 0.1) is 18.3 Å². The number of carbonyl (C=O) groups is 1. The second kappa shape index (κ2) is 11.7. The van der Waals surface area contributed by atoms with Gasteiger partial charge in [-0.15, -0.1) is 0 Å². The molecule has 4 rings (SSSR count). The van der Waals surface area contributed by atoms with E-state index < -0.39 is 11.6 Å². The number of ether oxygens (including phenoxy) is 1. The molecule has 37 heavy (non-hydrogen) atoms. The lowest BCUT2D eigenvalue weighted by Crippen LogP contribution is -2.48. The predicted octanol–water partition coefficient (Wildman–Crippen LogP) is 5.18. The SMILES string of the molecule is Cc1ncc(CN2CCN(C(=O)OCc3ccccc3SC(F)(F)F)CC2)n1Cc1ccc(C#N)cc1. The molecule has 1 aliphatic heterocycles. The fourth-order valence-corrected chi connectivity index (χ4v) is 4.77. The van der Waals surface area contributed by atoms with Crippen molar-refractivity contribution in [3.63, 3.8) is 0 Å². The number of aromatic nitrogens is 2. The Morgan fingerprint density at radius 2 is 1.78 bits per heavy atom. The monoisotopic (exact) mass is 529 g/mol. The van der Waals surface area contributed by atoms with E-state index in [9.17, 15) is 18.0 Å². The van der Waals surface area contributed by atoms with Gasteiger partial charge in [-0.05, 0) is 42.4 Å². The lowest BCUT2D eigenvalue weighted by molar-refractivity contribution is -0.0328. The average molecular weight is 530 g/mol. The number of carbonyl (C=O) groups excluding carboxylic acids is 1. The number of alkyl halides is 3. The molecule has 1 aliphatic rings. The number of imidazole rings is 1. The van der Waals surface area contributed by atoms with Crippen molar-refractivity contribution in [2.45, 2.75) is 37.0 Å². The zero-order valence-corrected chi connectivity index (χ0v) is 21.1. The lowest BCUT2D eigenvalue weighted by Gasteiger charge is -2.34. The van der Waals surface area contributed by atoms with E-state index in [4.69, 9.17) is 10.00 Å². The molecule has 0 saturated carbocycles. The highest BCUT2D eigenvalue weighted by atomic mass is 32.2. The third kappa shape index (κ3) is 7.27. The van der Waals surface area contributed by atoms with E-state index >= 15 is 0 Å². The molecule has 0 unspecified atom stereocenters. The first-order valence-electron chi connectivity index (χ1n) is 11.7. The minimum atomic E-state index is -4.41. The Morgan fingerprint density at radius 3 is 2.46 bits per heavy atom. The Morgan fingerprint density at radius 1 is 1.08 bits per heavy atom. The number of amides is 1. The summed E-state index contributed by atoms with van der Waals surface area (Å²) in [7, 11) is 0. The molecular weight excluding hydrogens is 503 g/mol. The molecule has 11 heteroatoms. The number of benzene rings is 2. The van der Waals surface area contributed by atoms with Crippen molar-refractivity contribution in [3.8, 4) is 6.07 Å². The lowest BCUT2D eigenvalue weighted by atomic mass is 10.1. The Balaban J connectivity index is 1.29. The van der Waals surface area contributed by atoms with Gasteiger partial charge in [0.25, 0.3) is 0 Å². The molecule has 1 saturated heterocycles. The van der Waals surface area contributed by atoms with Gasteiger partial charge < -0.3 is 14.2 Å². The summed E-state index contributed by atoms with van der Waals surface area (Å²) >= 11 is -0.211. The summed E-state index contributed by atoms with van der Waals surface area (Å²) in [6.45, 7) is 5.24. The van der Waals surface area contributed by atoms with Crippen LogP contribution in [-0.4, -0.2) is 57.1 Å². The fraction of sp³-hybridized carbons (Fsp3) is 0.346. The number of piperazine rings is 1. The molecule has 1 amide bonds. The first kappa shape index (κ1) is 26.6. The normalized spacial score (nSPS) is 14.4. The van der Waals surface area contributed by atoms with Crippen LogP contribution in [0.3, 0.4) is 0 Å². The molecular formula is C26H26F3N5O2S. The number of nitrogens with zero attached hydrogens (tertiary/aromatic N) is 5. The van der Waals surface area contributed by atoms with Crippen LogP contribution < -0.4 is 0 Å². The molecule has 0 spiro atoms. The summed E-state index contributed by atoms with van der Waals surface area (Å²) < 4.78 is 45.9. The van der Waals surface area contributed by atoms with Gasteiger partial charge in [0.15, 0.2) is 0 Å². The van der Waals surface area contributed by atoms with E-state index in [0.29, 0.717) is 50.4 Å². The number of nitriles is 1. The van der Waals surface area contributed by atoms with Gasteiger partial charge in [0, 0.05) is 55.9 Å². The highest BCUT2D eigenvalue weighted by molar-refractivity contribution is 8.00. The minimum absolute atomic E-state index is 0.0283. The zero-order chi connectivity index (χ0) is 26.4. The van der Waals surface area contributed by atoms with Crippen LogP contribution in [0.15, 0.2) is 59.6 Å². The summed E-state index contributed by atoms with van der Waals surface area (Å²) in [6, 6.07) is 15.6. The van der Waals surface area contributed by atoms with Gasteiger partial charge >= 0.3 is 11.6 Å². The number of hydrogen-bond acceptors (Lipinski definition) is 6. The smallest absolute Gasteiger partial charge is 0.444 e. The van der Waals surface area contributed by atoms with Crippen molar-refractivity contribution in [2.24, 2.45) is 0 Å². The number of hydrogen-bond donors (Lipinski definition) is 0. The first-order chi connectivity index (χ1) is 17.7. The van der Waals surface area contributed by atoms with E-state index in [0.717, 1.165) is 17.1 Å². The molecule has 7 nitrogen and oxygen atoms in total. The molecule has 0 atom stereocenters. The predicted molar refractivity (Wildman–Crippen MR) is 133 cm³/mol. The molecule has 3 aromatic rings. The van der Waals surface area contributed by atoms with Gasteiger partial charge in [-0.2, -0.15) is 18.4 Å². The van der Waals surface area contributed by atoms with Crippen LogP contribution in [0.1, 0.15) is 28.2 Å². The van der Waals surface area contributed by atoms with E-state index in [2.05, 4.69) is 20.5 Å². The fourth-order valence-electron chi connectivity index (χ4n) is 4.12. The van der Waals surface area contributed by atoms with Crippen LogP contribution >= 0.6 is 11.8 Å². The Kier molecular flexibility index (Phi) is 8.41. The third-order valence-electron chi connectivity index (χ3n) is 6.13. The number of thioether (sulfide) groups is 1. The van der Waals surface area contributed by atoms with Crippen molar-refractivity contribution in [2.75, 3.05) is 26.2 Å². The van der Waals surface area contributed by atoms with Crippen LogP contribution in [0.5, 0.6) is 0 Å². The van der Waals surface area contributed by atoms with Crippen LogP contribution in [0.4, 0.5) is 18.0 Å². The van der Waals surface area contributed by atoms with E-state index in [1.54, 1.807) is 23.1 Å². The maximum Gasteiger partial charge on any atom is 0.446 e. The van der Waals surface area contributed by atoms with Crippen molar-refractivity contribution in [3.05, 3.63) is 82.9 Å². The molecule has 1 fully saturated rings. The molecule has 2 aromatic carbocycles. The maximum atomic E-state index is 12.8. The van der Waals surface area contributed by atoms with Gasteiger partial charge in [-0.3, -0.25) is 4.90 Å². The van der Waals surface area contributed by atoms with Gasteiger partial charge in [0.1, 0.15) is 12.4 Å². The van der Waals surface area contributed by atoms with Crippen LogP contribution in [0.25, 0.3) is 0 Å². The second-order valence-electron chi connectivity index (χ2n) is 8.66. The largest absolute Gasteiger partial charge is 0.446 e. The van der Waals surface area contributed by atoms with Gasteiger partial charge in [0.05, 0.1) is 17.3 Å². The van der Waals surface area contributed by atoms with Crippen molar-refractivity contribution < 1.29 is 22.7 Å². The number of halogens is 3. The summed E-state index contributed by atoms with van der Waals surface area (Å²) in [5, 5.41) is 9.00. The van der Waals surface area contributed by atoms with E-state index in [1.165, 1.54) is 18.2 Å². The standard InChI is InChI=1S/C26H26F3N5O2S/c1-19-31-15-23(34(19)16-21-8-6-20(14-30)7-9-21)17-32-10-12-33(13-11-32)25(35)36-18-22-4-2-3-5-24(22)37-26(27,28)29/h2-9,15H,10-13,16-18H2,1H3. The highest BCUT2D eigenvalue weighted by Crippen LogP contribution is 2.38. The summed E-state index contributed by atoms with van der Waals surface area (Å²) in [4.78, 5) is 20.9. The quantitative estimate of drug-likeness (QED) is 0.393. The summed E-state index contributed by atoms with van der Waals surface area (Å²) in [5.74, 6) is 0.894. The average Bonchev–Trinajstić information content (AvgIpc) is 3.22. The van der Waals surface area contributed by atoms with E-state index in [-0.39, 0.29) is 23.3 Å². The van der Waals surface area contributed by atoms with Gasteiger partial charge in [0.2, 0.25) is 0 Å². The van der Waals surface area contributed by atoms with Gasteiger partial charge in [-0.25, -0.2) is 9.78 Å². The Hall–Kier alpha value is -3.49. The number of aryl methyl sites for hydroxylation is 1. The molecule has 0 radical (unpaired) electrons. The van der Waals surface area contributed by atoms with Gasteiger partial charge in [-0.1, -0.05) is 30.3 Å². The third-order valence-corrected chi connectivity index (χ3v) is 6.98. The molecule has 194 valence electrons. The molecule has 1 aromatic heterocycles. The minimum Gasteiger partial charge on any atom is -0.444 e. The molecule has 0 aliphatic carbocycles. The topological polar surface area (TPSA) is 74.4 Å². The number of rotatable bonds is 7.